The van der Waals surface area contributed by atoms with Gasteiger partial charge in [0.05, 0.1) is 13.3 Å². The summed E-state index contributed by atoms with van der Waals surface area (Å²) in [5.74, 6) is -0.0783. The molecular weight excluding hydrogens is 390 g/mol. The number of carbonyl (C=O) groups excluding carboxylic acids is 2. The number of benzene rings is 3. The SMILES string of the molecule is COc1ccccc1C=NNC(=O)c1cccc(NC(=O)c2cccc(Cl)c2)c1. The number of ether oxygens (including phenoxy) is 1. The standard InChI is InChI=1S/C22H18ClN3O3/c1-29-20-11-3-2-6-17(20)14-24-26-22(28)16-8-5-10-19(13-16)25-21(27)15-7-4-9-18(23)12-15/h2-14H,1H3,(H,25,27)(H,26,28). The highest BCUT2D eigenvalue weighted by Crippen LogP contribution is 2.16. The van der Waals surface area contributed by atoms with Gasteiger partial charge in [-0.1, -0.05) is 35.9 Å². The number of nitrogens with zero attached hydrogens (tertiary/aromatic N) is 1. The molecule has 0 saturated heterocycles. The van der Waals surface area contributed by atoms with E-state index >= 15 is 0 Å². The molecule has 0 unspecified atom stereocenters. The van der Waals surface area contributed by atoms with E-state index in [2.05, 4.69) is 15.8 Å². The van der Waals surface area contributed by atoms with Gasteiger partial charge in [-0.3, -0.25) is 9.59 Å². The van der Waals surface area contributed by atoms with Crippen LogP contribution in [-0.2, 0) is 0 Å². The van der Waals surface area contributed by atoms with E-state index in [4.69, 9.17) is 16.3 Å². The molecule has 146 valence electrons. The number of anilines is 1. The zero-order valence-electron chi connectivity index (χ0n) is 15.6. The summed E-state index contributed by atoms with van der Waals surface area (Å²) in [6.45, 7) is 0. The lowest BCUT2D eigenvalue weighted by molar-refractivity contribution is 0.0953. The van der Waals surface area contributed by atoms with Crippen molar-refractivity contribution < 1.29 is 14.3 Å². The van der Waals surface area contributed by atoms with Gasteiger partial charge in [0.2, 0.25) is 0 Å². The number of hydrogen-bond donors (Lipinski definition) is 2. The number of methoxy groups -OCH3 is 1. The summed E-state index contributed by atoms with van der Waals surface area (Å²) in [6.07, 6.45) is 1.50. The zero-order valence-corrected chi connectivity index (χ0v) is 16.3. The predicted molar refractivity (Wildman–Crippen MR) is 114 cm³/mol. The van der Waals surface area contributed by atoms with E-state index in [0.29, 0.717) is 27.6 Å². The maximum Gasteiger partial charge on any atom is 0.271 e. The number of carbonyl (C=O) groups is 2. The van der Waals surface area contributed by atoms with Gasteiger partial charge in [0.15, 0.2) is 0 Å². The van der Waals surface area contributed by atoms with Gasteiger partial charge < -0.3 is 10.1 Å². The van der Waals surface area contributed by atoms with E-state index in [1.165, 1.54) is 6.21 Å². The van der Waals surface area contributed by atoms with Crippen molar-refractivity contribution in [2.24, 2.45) is 5.10 Å². The maximum absolute atomic E-state index is 12.4. The van der Waals surface area contributed by atoms with E-state index < -0.39 is 5.91 Å². The first-order valence-corrected chi connectivity index (χ1v) is 9.08. The van der Waals surface area contributed by atoms with Crippen molar-refractivity contribution in [3.8, 4) is 5.75 Å². The van der Waals surface area contributed by atoms with Gasteiger partial charge in [0.1, 0.15) is 5.75 Å². The first-order chi connectivity index (χ1) is 14.1. The molecule has 0 atom stereocenters. The fourth-order valence-electron chi connectivity index (χ4n) is 2.57. The normalized spacial score (nSPS) is 10.6. The van der Waals surface area contributed by atoms with E-state index in [1.807, 2.05) is 18.2 Å². The van der Waals surface area contributed by atoms with Gasteiger partial charge >= 0.3 is 0 Å². The Morgan fingerprint density at radius 3 is 2.41 bits per heavy atom. The van der Waals surface area contributed by atoms with E-state index in [1.54, 1.807) is 61.7 Å². The third kappa shape index (κ3) is 5.43. The lowest BCUT2D eigenvalue weighted by atomic mass is 10.1. The fraction of sp³-hybridized carbons (Fsp3) is 0.0455. The molecular formula is C22H18ClN3O3. The molecule has 0 bridgehead atoms. The third-order valence-electron chi connectivity index (χ3n) is 3.98. The van der Waals surface area contributed by atoms with Crippen LogP contribution in [0.15, 0.2) is 77.9 Å². The van der Waals surface area contributed by atoms with Crippen LogP contribution in [-0.4, -0.2) is 25.1 Å². The van der Waals surface area contributed by atoms with Crippen molar-refractivity contribution >= 4 is 35.3 Å². The highest BCUT2D eigenvalue weighted by Gasteiger charge is 2.09. The topological polar surface area (TPSA) is 79.8 Å². The number of para-hydroxylation sites is 1. The molecule has 0 aliphatic rings. The molecule has 3 aromatic rings. The summed E-state index contributed by atoms with van der Waals surface area (Å²) in [5, 5.41) is 7.18. The fourth-order valence-corrected chi connectivity index (χ4v) is 2.76. The van der Waals surface area contributed by atoms with E-state index in [0.717, 1.165) is 5.56 Å². The summed E-state index contributed by atoms with van der Waals surface area (Å²) in [7, 11) is 1.56. The molecule has 29 heavy (non-hydrogen) atoms. The average Bonchev–Trinajstić information content (AvgIpc) is 2.74. The largest absolute Gasteiger partial charge is 0.496 e. The van der Waals surface area contributed by atoms with Crippen molar-refractivity contribution in [2.45, 2.75) is 0 Å². The highest BCUT2D eigenvalue weighted by atomic mass is 35.5. The van der Waals surface area contributed by atoms with Gasteiger partial charge in [0, 0.05) is 27.4 Å². The van der Waals surface area contributed by atoms with E-state index in [9.17, 15) is 9.59 Å². The second-order valence-corrected chi connectivity index (χ2v) is 6.42. The first-order valence-electron chi connectivity index (χ1n) is 8.70. The lowest BCUT2D eigenvalue weighted by Crippen LogP contribution is -2.18. The number of hydrazone groups is 1. The molecule has 0 spiro atoms. The van der Waals surface area contributed by atoms with Crippen LogP contribution < -0.4 is 15.5 Å². The van der Waals surface area contributed by atoms with Crippen molar-refractivity contribution in [3.63, 3.8) is 0 Å². The minimum absolute atomic E-state index is 0.320. The Labute approximate surface area is 173 Å². The molecule has 0 fully saturated rings. The van der Waals surface area contributed by atoms with Gasteiger partial charge in [-0.2, -0.15) is 5.10 Å². The molecule has 0 aromatic heterocycles. The van der Waals surface area contributed by atoms with Crippen LogP contribution in [0, 0.1) is 0 Å². The minimum atomic E-state index is -0.407. The molecule has 0 saturated carbocycles. The second kappa shape index (κ2) is 9.52. The Kier molecular flexibility index (Phi) is 6.60. The average molecular weight is 408 g/mol. The molecule has 0 heterocycles. The Morgan fingerprint density at radius 1 is 0.931 bits per heavy atom. The van der Waals surface area contributed by atoms with E-state index in [-0.39, 0.29) is 5.91 Å². The van der Waals surface area contributed by atoms with Crippen LogP contribution in [0.25, 0.3) is 0 Å². The zero-order chi connectivity index (χ0) is 20.6. The molecule has 7 heteroatoms. The van der Waals surface area contributed by atoms with Crippen LogP contribution in [0.1, 0.15) is 26.3 Å². The van der Waals surface area contributed by atoms with Crippen LogP contribution >= 0.6 is 11.6 Å². The number of halogens is 1. The molecule has 0 radical (unpaired) electrons. The molecule has 2 N–H and O–H groups in total. The van der Waals surface area contributed by atoms with Crippen LogP contribution in [0.2, 0.25) is 5.02 Å². The molecule has 0 aliphatic heterocycles. The predicted octanol–water partition coefficient (Wildman–Crippen LogP) is 4.36. The first kappa shape index (κ1) is 20.1. The lowest BCUT2D eigenvalue weighted by Gasteiger charge is -2.07. The van der Waals surface area contributed by atoms with Gasteiger partial charge in [-0.25, -0.2) is 5.43 Å². The molecule has 6 nitrogen and oxygen atoms in total. The summed E-state index contributed by atoms with van der Waals surface area (Å²) in [6, 6.07) is 20.5. The van der Waals surface area contributed by atoms with Gasteiger partial charge in [0.25, 0.3) is 11.8 Å². The maximum atomic E-state index is 12.4. The van der Waals surface area contributed by atoms with Gasteiger partial charge in [-0.15, -0.1) is 0 Å². The van der Waals surface area contributed by atoms with Crippen molar-refractivity contribution in [2.75, 3.05) is 12.4 Å². The Balaban J connectivity index is 1.66. The Bertz CT molecular complexity index is 1070. The Morgan fingerprint density at radius 2 is 1.66 bits per heavy atom. The number of rotatable bonds is 6. The number of nitrogens with one attached hydrogen (secondary N) is 2. The molecule has 0 aliphatic carbocycles. The van der Waals surface area contributed by atoms with Crippen LogP contribution in [0.3, 0.4) is 0 Å². The molecule has 2 amide bonds. The summed E-state index contributed by atoms with van der Waals surface area (Å²) in [4.78, 5) is 24.7. The molecule has 3 aromatic carbocycles. The summed E-state index contributed by atoms with van der Waals surface area (Å²) in [5.41, 5.74) is 4.46. The van der Waals surface area contributed by atoms with Crippen molar-refractivity contribution in [1.82, 2.24) is 5.43 Å². The number of amides is 2. The van der Waals surface area contributed by atoms with Crippen LogP contribution in [0.5, 0.6) is 5.75 Å². The number of hydrogen-bond acceptors (Lipinski definition) is 4. The third-order valence-corrected chi connectivity index (χ3v) is 4.21. The highest BCUT2D eigenvalue weighted by molar-refractivity contribution is 6.31. The smallest absolute Gasteiger partial charge is 0.271 e. The minimum Gasteiger partial charge on any atom is -0.496 e. The van der Waals surface area contributed by atoms with Crippen LogP contribution in [0.4, 0.5) is 5.69 Å². The Hall–Kier alpha value is -3.64. The molecule has 3 rings (SSSR count). The quantitative estimate of drug-likeness (QED) is 0.470. The summed E-state index contributed by atoms with van der Waals surface area (Å²) >= 11 is 5.92. The second-order valence-electron chi connectivity index (χ2n) is 5.99. The monoisotopic (exact) mass is 407 g/mol. The van der Waals surface area contributed by atoms with Crippen molar-refractivity contribution in [1.29, 1.82) is 0 Å². The van der Waals surface area contributed by atoms with Crippen molar-refractivity contribution in [3.05, 3.63) is 94.5 Å². The van der Waals surface area contributed by atoms with Gasteiger partial charge in [-0.05, 0) is 48.5 Å². The summed E-state index contributed by atoms with van der Waals surface area (Å²) < 4.78 is 5.23.